The van der Waals surface area contributed by atoms with E-state index in [-0.39, 0.29) is 23.0 Å². The Bertz CT molecular complexity index is 991. The highest BCUT2D eigenvalue weighted by Gasteiger charge is 2.46. The van der Waals surface area contributed by atoms with Gasteiger partial charge in [-0.2, -0.15) is 0 Å². The molecule has 1 unspecified atom stereocenters. The van der Waals surface area contributed by atoms with Crippen LogP contribution in [0.5, 0.6) is 5.75 Å². The highest BCUT2D eigenvalue weighted by atomic mass is 35.5. The number of aliphatic hydroxyl groups is 1. The normalized spacial score (nSPS) is 18.1. The lowest BCUT2D eigenvalue weighted by Crippen LogP contribution is -2.31. The van der Waals surface area contributed by atoms with Crippen molar-refractivity contribution in [3.63, 3.8) is 0 Å². The van der Waals surface area contributed by atoms with E-state index < -0.39 is 17.7 Å². The number of ketones is 1. The molecule has 1 aliphatic heterocycles. The SMILES string of the molecule is COc1ccc(Cl)cc1/C(O)=C1\C(=O)C(=O)N(CCCOC(C)C)C1c1ccncc1. The van der Waals surface area contributed by atoms with Gasteiger partial charge < -0.3 is 19.5 Å². The third-order valence-corrected chi connectivity index (χ3v) is 5.21. The molecule has 1 aromatic carbocycles. The average molecular weight is 445 g/mol. The maximum absolute atomic E-state index is 13.0. The minimum absolute atomic E-state index is 0.0125. The summed E-state index contributed by atoms with van der Waals surface area (Å²) in [5.74, 6) is -1.42. The minimum Gasteiger partial charge on any atom is -0.507 e. The number of rotatable bonds is 8. The standard InChI is InChI=1S/C23H25ClN2O5/c1-14(2)31-12-4-11-26-20(15-7-9-25-10-8-15)19(22(28)23(26)29)21(27)17-13-16(24)5-6-18(17)30-3/h5-10,13-14,20,27H,4,11-12H2,1-3H3/b21-19+. The molecule has 31 heavy (non-hydrogen) atoms. The number of nitrogens with zero attached hydrogens (tertiary/aromatic N) is 2. The van der Waals surface area contributed by atoms with Crippen molar-refractivity contribution < 1.29 is 24.2 Å². The molecule has 1 aromatic heterocycles. The monoisotopic (exact) mass is 444 g/mol. The topological polar surface area (TPSA) is 89.0 Å². The maximum Gasteiger partial charge on any atom is 0.295 e. The van der Waals surface area contributed by atoms with Gasteiger partial charge in [0.2, 0.25) is 0 Å². The van der Waals surface area contributed by atoms with Crippen LogP contribution in [-0.4, -0.2) is 53.0 Å². The van der Waals surface area contributed by atoms with Crippen LogP contribution in [0.25, 0.3) is 5.76 Å². The van der Waals surface area contributed by atoms with Crippen LogP contribution in [0.1, 0.15) is 37.4 Å². The Kier molecular flexibility index (Phi) is 7.30. The third-order valence-electron chi connectivity index (χ3n) is 4.97. The summed E-state index contributed by atoms with van der Waals surface area (Å²) in [6.07, 6.45) is 3.78. The van der Waals surface area contributed by atoms with Gasteiger partial charge in [-0.1, -0.05) is 11.6 Å². The van der Waals surface area contributed by atoms with Crippen molar-refractivity contribution in [3.05, 3.63) is 64.4 Å². The first kappa shape index (κ1) is 22.8. The van der Waals surface area contributed by atoms with E-state index in [1.807, 2.05) is 13.8 Å². The van der Waals surface area contributed by atoms with Crippen molar-refractivity contribution in [1.82, 2.24) is 9.88 Å². The summed E-state index contributed by atoms with van der Waals surface area (Å²) >= 11 is 6.11. The summed E-state index contributed by atoms with van der Waals surface area (Å²) in [6, 6.07) is 7.39. The van der Waals surface area contributed by atoms with Crippen molar-refractivity contribution in [2.24, 2.45) is 0 Å². The number of carbonyl (C=O) groups excluding carboxylic acids is 2. The molecule has 0 aliphatic carbocycles. The molecule has 1 atom stereocenters. The van der Waals surface area contributed by atoms with E-state index in [0.29, 0.717) is 35.9 Å². The van der Waals surface area contributed by atoms with Crippen molar-refractivity contribution in [3.8, 4) is 5.75 Å². The lowest BCUT2D eigenvalue weighted by molar-refractivity contribution is -0.140. The van der Waals surface area contributed by atoms with Crippen LogP contribution in [0.15, 0.2) is 48.3 Å². The third kappa shape index (κ3) is 4.89. The largest absolute Gasteiger partial charge is 0.507 e. The molecule has 2 heterocycles. The molecule has 1 saturated heterocycles. The Balaban J connectivity index is 2.07. The number of hydrogen-bond acceptors (Lipinski definition) is 6. The second-order valence-corrected chi connectivity index (χ2v) is 7.83. The number of methoxy groups -OCH3 is 1. The Morgan fingerprint density at radius 1 is 1.23 bits per heavy atom. The molecule has 2 aromatic rings. The minimum atomic E-state index is -0.759. The summed E-state index contributed by atoms with van der Waals surface area (Å²) < 4.78 is 10.9. The predicted molar refractivity (Wildman–Crippen MR) is 117 cm³/mol. The van der Waals surface area contributed by atoms with Crippen LogP contribution < -0.4 is 4.74 Å². The van der Waals surface area contributed by atoms with Crippen molar-refractivity contribution in [2.75, 3.05) is 20.3 Å². The van der Waals surface area contributed by atoms with Gasteiger partial charge >= 0.3 is 0 Å². The lowest BCUT2D eigenvalue weighted by atomic mass is 9.95. The number of likely N-dealkylation sites (tertiary alicyclic amines) is 1. The Morgan fingerprint density at radius 2 is 1.94 bits per heavy atom. The Morgan fingerprint density at radius 3 is 2.58 bits per heavy atom. The summed E-state index contributed by atoms with van der Waals surface area (Å²) in [5.41, 5.74) is 0.901. The van der Waals surface area contributed by atoms with E-state index in [1.165, 1.54) is 18.1 Å². The van der Waals surface area contributed by atoms with Gasteiger partial charge in [-0.05, 0) is 56.2 Å². The molecule has 0 spiro atoms. The first-order valence-electron chi connectivity index (χ1n) is 9.99. The molecule has 1 fully saturated rings. The number of Topliss-reactive ketones (excluding diaryl/α,β-unsaturated/α-hetero) is 1. The molecule has 1 N–H and O–H groups in total. The van der Waals surface area contributed by atoms with Gasteiger partial charge in [-0.25, -0.2) is 0 Å². The molecule has 1 amide bonds. The van der Waals surface area contributed by atoms with Crippen LogP contribution in [0, 0.1) is 0 Å². The predicted octanol–water partition coefficient (Wildman–Crippen LogP) is 3.98. The summed E-state index contributed by atoms with van der Waals surface area (Å²) in [7, 11) is 1.45. The molecule has 164 valence electrons. The Labute approximate surface area is 186 Å². The highest BCUT2D eigenvalue weighted by Crippen LogP contribution is 2.41. The van der Waals surface area contributed by atoms with Gasteiger partial charge in [-0.3, -0.25) is 14.6 Å². The van der Waals surface area contributed by atoms with Gasteiger partial charge in [-0.15, -0.1) is 0 Å². The summed E-state index contributed by atoms with van der Waals surface area (Å²) in [6.45, 7) is 4.61. The summed E-state index contributed by atoms with van der Waals surface area (Å²) in [5, 5.41) is 11.5. The first-order valence-corrected chi connectivity index (χ1v) is 10.4. The van der Waals surface area contributed by atoms with Gasteiger partial charge in [0, 0.05) is 30.6 Å². The van der Waals surface area contributed by atoms with Gasteiger partial charge in [0.25, 0.3) is 11.7 Å². The average Bonchev–Trinajstić information content (AvgIpc) is 3.01. The number of amides is 1. The zero-order valence-electron chi connectivity index (χ0n) is 17.7. The first-order chi connectivity index (χ1) is 14.8. The fraction of sp³-hybridized carbons (Fsp3) is 0.348. The molecule has 1 aliphatic rings. The number of aliphatic hydroxyl groups excluding tert-OH is 1. The fourth-order valence-electron chi connectivity index (χ4n) is 3.57. The fourth-order valence-corrected chi connectivity index (χ4v) is 3.74. The number of pyridine rings is 1. The molecular weight excluding hydrogens is 420 g/mol. The van der Waals surface area contributed by atoms with Gasteiger partial charge in [0.15, 0.2) is 0 Å². The van der Waals surface area contributed by atoms with E-state index in [4.69, 9.17) is 21.1 Å². The van der Waals surface area contributed by atoms with Gasteiger partial charge in [0.1, 0.15) is 11.5 Å². The molecule has 8 heteroatoms. The quantitative estimate of drug-likeness (QED) is 0.287. The zero-order valence-corrected chi connectivity index (χ0v) is 18.4. The molecule has 7 nitrogen and oxygen atoms in total. The number of ether oxygens (including phenoxy) is 2. The van der Waals surface area contributed by atoms with Crippen LogP contribution in [0.3, 0.4) is 0 Å². The summed E-state index contributed by atoms with van der Waals surface area (Å²) in [4.78, 5) is 31.4. The second-order valence-electron chi connectivity index (χ2n) is 7.39. The van der Waals surface area contributed by atoms with Crippen LogP contribution in [-0.2, 0) is 14.3 Å². The lowest BCUT2D eigenvalue weighted by Gasteiger charge is -2.25. The van der Waals surface area contributed by atoms with Crippen LogP contribution in [0.2, 0.25) is 5.02 Å². The number of halogens is 1. The number of carbonyl (C=O) groups is 2. The van der Waals surface area contributed by atoms with Gasteiger partial charge in [0.05, 0.1) is 30.4 Å². The number of benzene rings is 1. The maximum atomic E-state index is 13.0. The van der Waals surface area contributed by atoms with Crippen molar-refractivity contribution in [2.45, 2.75) is 32.4 Å². The van der Waals surface area contributed by atoms with E-state index in [2.05, 4.69) is 4.98 Å². The van der Waals surface area contributed by atoms with Crippen LogP contribution >= 0.6 is 11.6 Å². The van der Waals surface area contributed by atoms with E-state index >= 15 is 0 Å². The van der Waals surface area contributed by atoms with E-state index in [0.717, 1.165) is 0 Å². The van der Waals surface area contributed by atoms with Crippen molar-refractivity contribution >= 4 is 29.1 Å². The Hall–Kier alpha value is -2.90. The molecule has 3 rings (SSSR count). The van der Waals surface area contributed by atoms with Crippen LogP contribution in [0.4, 0.5) is 0 Å². The van der Waals surface area contributed by atoms with Crippen molar-refractivity contribution in [1.29, 1.82) is 0 Å². The molecule has 0 bridgehead atoms. The second kappa shape index (κ2) is 9.94. The van der Waals surface area contributed by atoms with E-state index in [1.54, 1.807) is 36.7 Å². The number of aromatic nitrogens is 1. The molecular formula is C23H25ClN2O5. The highest BCUT2D eigenvalue weighted by molar-refractivity contribution is 6.46. The smallest absolute Gasteiger partial charge is 0.295 e. The molecule has 0 radical (unpaired) electrons. The van der Waals surface area contributed by atoms with E-state index in [9.17, 15) is 14.7 Å². The molecule has 0 saturated carbocycles. The number of hydrogen-bond donors (Lipinski definition) is 1. The zero-order chi connectivity index (χ0) is 22.5.